The van der Waals surface area contributed by atoms with E-state index in [4.69, 9.17) is 28.9 Å². The topological polar surface area (TPSA) is 54.7 Å². The lowest BCUT2D eigenvalue weighted by Gasteiger charge is -2.07. The van der Waals surface area contributed by atoms with Gasteiger partial charge in [0.2, 0.25) is 0 Å². The van der Waals surface area contributed by atoms with Gasteiger partial charge in [-0.25, -0.2) is 0 Å². The van der Waals surface area contributed by atoms with Crippen molar-refractivity contribution in [3.8, 4) is 22.4 Å². The molecule has 0 fully saturated rings. The van der Waals surface area contributed by atoms with Crippen molar-refractivity contribution in [3.05, 3.63) is 64.3 Å². The molecule has 3 aromatic rings. The zero-order valence-electron chi connectivity index (χ0n) is 12.5. The standard InChI is InChI=1S/C18H17Cl2N3/c19-14-7-3-12(4-8-14)17-16(2-1-11-21)22-23-18(17)13-5-9-15(20)10-6-13/h3-10H,1-2,11,21H2,(H,22,23). The Morgan fingerprint density at radius 2 is 1.43 bits per heavy atom. The molecule has 0 atom stereocenters. The van der Waals surface area contributed by atoms with Crippen LogP contribution in [0.4, 0.5) is 0 Å². The fraction of sp³-hybridized carbons (Fsp3) is 0.167. The van der Waals surface area contributed by atoms with E-state index >= 15 is 0 Å². The summed E-state index contributed by atoms with van der Waals surface area (Å²) < 4.78 is 0. The fourth-order valence-corrected chi connectivity index (χ4v) is 2.83. The Hall–Kier alpha value is -1.81. The number of rotatable bonds is 5. The fourth-order valence-electron chi connectivity index (χ4n) is 2.58. The molecule has 0 aliphatic heterocycles. The maximum Gasteiger partial charge on any atom is 0.100 e. The normalized spacial score (nSPS) is 10.9. The van der Waals surface area contributed by atoms with Crippen LogP contribution in [0, 0.1) is 0 Å². The van der Waals surface area contributed by atoms with Gasteiger partial charge in [-0.15, -0.1) is 0 Å². The molecule has 1 aromatic heterocycles. The van der Waals surface area contributed by atoms with Crippen LogP contribution in [0.15, 0.2) is 48.5 Å². The van der Waals surface area contributed by atoms with Crippen LogP contribution < -0.4 is 5.73 Å². The molecule has 0 saturated heterocycles. The van der Waals surface area contributed by atoms with E-state index in [1.165, 1.54) is 0 Å². The number of hydrogen-bond acceptors (Lipinski definition) is 2. The minimum atomic E-state index is 0.648. The van der Waals surface area contributed by atoms with Crippen LogP contribution >= 0.6 is 23.2 Å². The summed E-state index contributed by atoms with van der Waals surface area (Å²) in [6.45, 7) is 0.648. The molecule has 3 rings (SSSR count). The van der Waals surface area contributed by atoms with E-state index < -0.39 is 0 Å². The summed E-state index contributed by atoms with van der Waals surface area (Å²) in [6.07, 6.45) is 1.76. The molecule has 0 aliphatic rings. The number of nitrogens with zero attached hydrogens (tertiary/aromatic N) is 1. The average molecular weight is 346 g/mol. The van der Waals surface area contributed by atoms with Gasteiger partial charge in [-0.1, -0.05) is 47.5 Å². The summed E-state index contributed by atoms with van der Waals surface area (Å²) >= 11 is 12.0. The largest absolute Gasteiger partial charge is 0.330 e. The van der Waals surface area contributed by atoms with Gasteiger partial charge < -0.3 is 5.73 Å². The van der Waals surface area contributed by atoms with Gasteiger partial charge in [0.1, 0.15) is 5.69 Å². The van der Waals surface area contributed by atoms with Crippen LogP contribution in [-0.4, -0.2) is 16.7 Å². The lowest BCUT2D eigenvalue weighted by molar-refractivity contribution is 0.805. The molecule has 3 N–H and O–H groups in total. The van der Waals surface area contributed by atoms with Crippen molar-refractivity contribution in [1.29, 1.82) is 0 Å². The Labute approximate surface area is 145 Å². The highest BCUT2D eigenvalue weighted by atomic mass is 35.5. The van der Waals surface area contributed by atoms with Crippen molar-refractivity contribution in [2.24, 2.45) is 5.73 Å². The van der Waals surface area contributed by atoms with Gasteiger partial charge >= 0.3 is 0 Å². The highest BCUT2D eigenvalue weighted by molar-refractivity contribution is 6.31. The second-order valence-corrected chi connectivity index (χ2v) is 6.20. The van der Waals surface area contributed by atoms with E-state index in [1.54, 1.807) is 0 Å². The third-order valence-corrected chi connectivity index (χ3v) is 4.23. The molecule has 0 spiro atoms. The van der Waals surface area contributed by atoms with Gasteiger partial charge in [0.25, 0.3) is 0 Å². The van der Waals surface area contributed by atoms with E-state index in [-0.39, 0.29) is 0 Å². The summed E-state index contributed by atoms with van der Waals surface area (Å²) in [7, 11) is 0. The van der Waals surface area contributed by atoms with Crippen molar-refractivity contribution in [2.75, 3.05) is 6.54 Å². The first-order chi connectivity index (χ1) is 11.2. The van der Waals surface area contributed by atoms with Crippen LogP contribution in [0.5, 0.6) is 0 Å². The predicted octanol–water partition coefficient (Wildman–Crippen LogP) is 4.94. The molecule has 23 heavy (non-hydrogen) atoms. The first-order valence-corrected chi connectivity index (χ1v) is 8.24. The summed E-state index contributed by atoms with van der Waals surface area (Å²) in [5, 5.41) is 9.12. The van der Waals surface area contributed by atoms with Crippen LogP contribution in [0.3, 0.4) is 0 Å². The number of aromatic amines is 1. The second kappa shape index (κ2) is 7.18. The number of aromatic nitrogens is 2. The SMILES string of the molecule is NCCCc1[nH]nc(-c2ccc(Cl)cc2)c1-c1ccc(Cl)cc1. The van der Waals surface area contributed by atoms with E-state index in [0.717, 1.165) is 40.9 Å². The van der Waals surface area contributed by atoms with Crippen LogP contribution in [0.25, 0.3) is 22.4 Å². The maximum absolute atomic E-state index is 6.02. The van der Waals surface area contributed by atoms with Crippen molar-refractivity contribution < 1.29 is 0 Å². The smallest absolute Gasteiger partial charge is 0.100 e. The molecule has 0 bridgehead atoms. The van der Waals surface area contributed by atoms with Crippen molar-refractivity contribution in [1.82, 2.24) is 10.2 Å². The summed E-state index contributed by atoms with van der Waals surface area (Å²) in [4.78, 5) is 0. The van der Waals surface area contributed by atoms with Crippen molar-refractivity contribution >= 4 is 23.2 Å². The quantitative estimate of drug-likeness (QED) is 0.687. The van der Waals surface area contributed by atoms with E-state index in [0.29, 0.717) is 16.6 Å². The lowest BCUT2D eigenvalue weighted by Crippen LogP contribution is -2.01. The van der Waals surface area contributed by atoms with Crippen molar-refractivity contribution in [3.63, 3.8) is 0 Å². The minimum absolute atomic E-state index is 0.648. The molecule has 0 amide bonds. The third kappa shape index (κ3) is 3.58. The van der Waals surface area contributed by atoms with Crippen molar-refractivity contribution in [2.45, 2.75) is 12.8 Å². The second-order valence-electron chi connectivity index (χ2n) is 5.33. The Morgan fingerprint density at radius 3 is 2.00 bits per heavy atom. The zero-order chi connectivity index (χ0) is 16.2. The predicted molar refractivity (Wildman–Crippen MR) is 96.9 cm³/mol. The Kier molecular flexibility index (Phi) is 5.01. The number of H-pyrrole nitrogens is 1. The van der Waals surface area contributed by atoms with Gasteiger partial charge in [-0.2, -0.15) is 5.10 Å². The lowest BCUT2D eigenvalue weighted by atomic mass is 9.97. The number of halogens is 2. The molecule has 0 radical (unpaired) electrons. The number of aryl methyl sites for hydroxylation is 1. The van der Waals surface area contributed by atoms with Crippen LogP contribution in [0.1, 0.15) is 12.1 Å². The van der Waals surface area contributed by atoms with E-state index in [9.17, 15) is 0 Å². The summed E-state index contributed by atoms with van der Waals surface area (Å²) in [5.41, 5.74) is 10.9. The third-order valence-electron chi connectivity index (χ3n) is 3.72. The van der Waals surface area contributed by atoms with Gasteiger partial charge in [-0.3, -0.25) is 5.10 Å². The molecular weight excluding hydrogens is 329 g/mol. The molecule has 118 valence electrons. The molecule has 3 nitrogen and oxygen atoms in total. The van der Waals surface area contributed by atoms with Gasteiger partial charge in [0.05, 0.1) is 0 Å². The molecule has 0 unspecified atom stereocenters. The van der Waals surface area contributed by atoms with Gasteiger partial charge in [-0.05, 0) is 49.2 Å². The monoisotopic (exact) mass is 345 g/mol. The van der Waals surface area contributed by atoms with E-state index in [2.05, 4.69) is 10.2 Å². The number of nitrogens with two attached hydrogens (primary N) is 1. The van der Waals surface area contributed by atoms with Crippen LogP contribution in [-0.2, 0) is 6.42 Å². The zero-order valence-corrected chi connectivity index (χ0v) is 14.0. The molecule has 2 aromatic carbocycles. The molecular formula is C18H17Cl2N3. The van der Waals surface area contributed by atoms with Gasteiger partial charge in [0.15, 0.2) is 0 Å². The minimum Gasteiger partial charge on any atom is -0.330 e. The molecule has 0 aliphatic carbocycles. The Bertz CT molecular complexity index is 777. The molecule has 1 heterocycles. The first kappa shape index (κ1) is 16.1. The number of nitrogens with one attached hydrogen (secondary N) is 1. The van der Waals surface area contributed by atoms with Crippen LogP contribution in [0.2, 0.25) is 10.0 Å². The highest BCUT2D eigenvalue weighted by Crippen LogP contribution is 2.34. The van der Waals surface area contributed by atoms with E-state index in [1.807, 2.05) is 48.5 Å². The molecule has 0 saturated carbocycles. The molecule has 5 heteroatoms. The summed E-state index contributed by atoms with van der Waals surface area (Å²) in [6, 6.07) is 15.5. The number of benzene rings is 2. The van der Waals surface area contributed by atoms with Gasteiger partial charge in [0, 0.05) is 26.9 Å². The highest BCUT2D eigenvalue weighted by Gasteiger charge is 2.16. The average Bonchev–Trinajstić information content (AvgIpc) is 2.98. The Morgan fingerprint density at radius 1 is 0.870 bits per heavy atom. The maximum atomic E-state index is 6.02. The first-order valence-electron chi connectivity index (χ1n) is 7.48. The number of hydrogen-bond donors (Lipinski definition) is 2. The summed E-state index contributed by atoms with van der Waals surface area (Å²) in [5.74, 6) is 0. The Balaban J connectivity index is 2.10.